The molecule has 0 radical (unpaired) electrons. The Morgan fingerprint density at radius 3 is 2.91 bits per heavy atom. The first kappa shape index (κ1) is 16.1. The van der Waals surface area contributed by atoms with Crippen LogP contribution in [0.5, 0.6) is 0 Å². The van der Waals surface area contributed by atoms with E-state index in [1.165, 1.54) is 6.33 Å². The average Bonchev–Trinajstić information content (AvgIpc) is 3.15. The lowest BCUT2D eigenvalue weighted by Crippen LogP contribution is -2.39. The molecule has 0 N–H and O–H groups in total. The van der Waals surface area contributed by atoms with Gasteiger partial charge in [0.2, 0.25) is 5.91 Å². The molecule has 1 fully saturated rings. The van der Waals surface area contributed by atoms with Gasteiger partial charge in [0.25, 0.3) is 0 Å². The van der Waals surface area contributed by atoms with Crippen LogP contribution in [-0.4, -0.2) is 61.6 Å². The Labute approximate surface area is 140 Å². The highest BCUT2D eigenvalue weighted by molar-refractivity contribution is 7.09. The van der Waals surface area contributed by atoms with Gasteiger partial charge in [0.1, 0.15) is 18.7 Å². The Morgan fingerprint density at radius 1 is 1.35 bits per heavy atom. The molecule has 1 amide bonds. The van der Waals surface area contributed by atoms with Gasteiger partial charge < -0.3 is 4.90 Å². The molecule has 0 saturated carbocycles. The molecule has 0 aromatic carbocycles. The average molecular weight is 334 g/mol. The van der Waals surface area contributed by atoms with Crippen molar-refractivity contribution in [2.24, 2.45) is 0 Å². The van der Waals surface area contributed by atoms with Crippen LogP contribution in [0, 0.1) is 6.92 Å². The van der Waals surface area contributed by atoms with E-state index >= 15 is 0 Å². The Hall–Kier alpha value is -1.80. The largest absolute Gasteiger partial charge is 0.340 e. The molecule has 3 heterocycles. The number of aryl methyl sites for hydroxylation is 1. The minimum absolute atomic E-state index is 0.113. The van der Waals surface area contributed by atoms with E-state index in [1.54, 1.807) is 22.3 Å². The van der Waals surface area contributed by atoms with Crippen molar-refractivity contribution in [3.8, 4) is 0 Å². The number of hydrogen-bond donors (Lipinski definition) is 0. The zero-order chi connectivity index (χ0) is 16.2. The maximum atomic E-state index is 12.6. The van der Waals surface area contributed by atoms with Crippen LogP contribution in [0.15, 0.2) is 18.0 Å². The summed E-state index contributed by atoms with van der Waals surface area (Å²) in [5.74, 6) is 0.113. The fourth-order valence-electron chi connectivity index (χ4n) is 2.85. The summed E-state index contributed by atoms with van der Waals surface area (Å²) < 4.78 is 1.61. The predicted molar refractivity (Wildman–Crippen MR) is 88.1 cm³/mol. The van der Waals surface area contributed by atoms with Crippen LogP contribution in [0.1, 0.15) is 30.1 Å². The fraction of sp³-hybridized carbons (Fsp3) is 0.600. The van der Waals surface area contributed by atoms with Gasteiger partial charge in [-0.05, 0) is 20.3 Å². The first-order chi connectivity index (χ1) is 11.1. The Morgan fingerprint density at radius 2 is 2.22 bits per heavy atom. The summed E-state index contributed by atoms with van der Waals surface area (Å²) in [6.07, 6.45) is 4.04. The zero-order valence-corrected chi connectivity index (χ0v) is 14.4. The van der Waals surface area contributed by atoms with Crippen molar-refractivity contribution >= 4 is 17.2 Å². The maximum Gasteiger partial charge on any atom is 0.247 e. The summed E-state index contributed by atoms with van der Waals surface area (Å²) in [7, 11) is 0. The third kappa shape index (κ3) is 3.94. The number of amides is 1. The topological polar surface area (TPSA) is 67.2 Å². The number of carbonyl (C=O) groups excluding carboxylic acids is 1. The van der Waals surface area contributed by atoms with Crippen LogP contribution >= 0.6 is 11.3 Å². The summed E-state index contributed by atoms with van der Waals surface area (Å²) in [5.41, 5.74) is 1.13. The highest BCUT2D eigenvalue weighted by Crippen LogP contribution is 2.14. The molecule has 124 valence electrons. The normalized spacial score (nSPS) is 17.9. The minimum atomic E-state index is -0.301. The molecule has 3 rings (SSSR count). The first-order valence-electron chi connectivity index (χ1n) is 7.90. The molecule has 1 saturated heterocycles. The lowest BCUT2D eigenvalue weighted by atomic mass is 10.2. The number of thiazole rings is 1. The van der Waals surface area contributed by atoms with Gasteiger partial charge in [-0.3, -0.25) is 9.69 Å². The molecule has 8 heteroatoms. The van der Waals surface area contributed by atoms with Crippen molar-refractivity contribution in [3.63, 3.8) is 0 Å². The molecule has 1 atom stereocenters. The minimum Gasteiger partial charge on any atom is -0.340 e. The Kier molecular flexibility index (Phi) is 5.02. The van der Waals surface area contributed by atoms with Crippen molar-refractivity contribution in [2.45, 2.75) is 32.9 Å². The van der Waals surface area contributed by atoms with Crippen LogP contribution < -0.4 is 0 Å². The zero-order valence-electron chi connectivity index (χ0n) is 13.6. The summed E-state index contributed by atoms with van der Waals surface area (Å²) in [4.78, 5) is 25.4. The van der Waals surface area contributed by atoms with Crippen molar-refractivity contribution in [1.29, 1.82) is 0 Å². The van der Waals surface area contributed by atoms with E-state index in [2.05, 4.69) is 25.3 Å². The number of hydrogen-bond acceptors (Lipinski definition) is 6. The van der Waals surface area contributed by atoms with Gasteiger partial charge in [-0.25, -0.2) is 14.6 Å². The number of carbonyl (C=O) groups is 1. The van der Waals surface area contributed by atoms with E-state index in [0.29, 0.717) is 0 Å². The van der Waals surface area contributed by atoms with E-state index in [4.69, 9.17) is 0 Å². The van der Waals surface area contributed by atoms with Crippen LogP contribution in [-0.2, 0) is 11.3 Å². The summed E-state index contributed by atoms with van der Waals surface area (Å²) in [5, 5.41) is 7.30. The van der Waals surface area contributed by atoms with Gasteiger partial charge in [0, 0.05) is 38.1 Å². The monoisotopic (exact) mass is 334 g/mol. The molecule has 2 aromatic rings. The second kappa shape index (κ2) is 7.18. The number of aromatic nitrogens is 4. The quantitative estimate of drug-likeness (QED) is 0.844. The highest BCUT2D eigenvalue weighted by atomic mass is 32.1. The lowest BCUT2D eigenvalue weighted by Gasteiger charge is -2.24. The molecule has 7 nitrogen and oxygen atoms in total. The molecule has 1 unspecified atom stereocenters. The van der Waals surface area contributed by atoms with Gasteiger partial charge in [-0.1, -0.05) is 0 Å². The third-order valence-electron chi connectivity index (χ3n) is 4.14. The van der Waals surface area contributed by atoms with Crippen molar-refractivity contribution in [3.05, 3.63) is 28.7 Å². The van der Waals surface area contributed by atoms with E-state index in [0.717, 1.165) is 49.8 Å². The second-order valence-electron chi connectivity index (χ2n) is 5.86. The maximum absolute atomic E-state index is 12.6. The standard InChI is InChI=1S/C15H22N6OS/c1-12(21-11-16-10-17-21)15(22)20-5-3-4-19(6-7-20)8-14-9-23-13(2)18-14/h9-12H,3-8H2,1-2H3. The van der Waals surface area contributed by atoms with E-state index in [9.17, 15) is 4.79 Å². The molecule has 0 bridgehead atoms. The van der Waals surface area contributed by atoms with E-state index in [-0.39, 0.29) is 11.9 Å². The van der Waals surface area contributed by atoms with Crippen LogP contribution in [0.2, 0.25) is 0 Å². The van der Waals surface area contributed by atoms with Gasteiger partial charge in [0.15, 0.2) is 0 Å². The molecule has 1 aliphatic rings. The summed E-state index contributed by atoms with van der Waals surface area (Å²) in [6, 6.07) is -0.301. The van der Waals surface area contributed by atoms with Crippen molar-refractivity contribution in [1.82, 2.24) is 29.5 Å². The number of rotatable bonds is 4. The van der Waals surface area contributed by atoms with Gasteiger partial charge in [0.05, 0.1) is 10.7 Å². The molecular formula is C15H22N6OS. The van der Waals surface area contributed by atoms with Crippen LogP contribution in [0.3, 0.4) is 0 Å². The molecular weight excluding hydrogens is 312 g/mol. The van der Waals surface area contributed by atoms with Crippen molar-refractivity contribution in [2.75, 3.05) is 26.2 Å². The molecule has 2 aromatic heterocycles. The first-order valence-corrected chi connectivity index (χ1v) is 8.77. The summed E-state index contributed by atoms with van der Waals surface area (Å²) in [6.45, 7) is 8.20. The molecule has 1 aliphatic heterocycles. The molecule has 0 spiro atoms. The fourth-order valence-corrected chi connectivity index (χ4v) is 3.46. The Balaban J connectivity index is 1.56. The SMILES string of the molecule is Cc1nc(CN2CCCN(C(=O)C(C)n3cncn3)CC2)cs1. The Bertz CT molecular complexity index is 640. The molecule has 0 aliphatic carbocycles. The van der Waals surface area contributed by atoms with Gasteiger partial charge in [-0.15, -0.1) is 11.3 Å². The number of nitrogens with zero attached hydrogens (tertiary/aromatic N) is 6. The third-order valence-corrected chi connectivity index (χ3v) is 4.97. The van der Waals surface area contributed by atoms with Crippen molar-refractivity contribution < 1.29 is 4.79 Å². The van der Waals surface area contributed by atoms with Gasteiger partial charge in [-0.2, -0.15) is 5.10 Å². The predicted octanol–water partition coefficient (Wildman–Crippen LogP) is 1.34. The van der Waals surface area contributed by atoms with E-state index < -0.39 is 0 Å². The van der Waals surface area contributed by atoms with Gasteiger partial charge >= 0.3 is 0 Å². The van der Waals surface area contributed by atoms with Crippen LogP contribution in [0.4, 0.5) is 0 Å². The highest BCUT2D eigenvalue weighted by Gasteiger charge is 2.25. The summed E-state index contributed by atoms with van der Waals surface area (Å²) >= 11 is 1.69. The second-order valence-corrected chi connectivity index (χ2v) is 6.93. The lowest BCUT2D eigenvalue weighted by molar-refractivity contribution is -0.134. The van der Waals surface area contributed by atoms with E-state index in [1.807, 2.05) is 18.7 Å². The smallest absolute Gasteiger partial charge is 0.247 e. The molecule has 23 heavy (non-hydrogen) atoms. The van der Waals surface area contributed by atoms with Crippen LogP contribution in [0.25, 0.3) is 0 Å².